The zero-order chi connectivity index (χ0) is 39.5. The highest BCUT2D eigenvalue weighted by Gasteiger charge is 2.53. The van der Waals surface area contributed by atoms with Crippen molar-refractivity contribution in [2.45, 2.75) is 5.92 Å². The molecule has 0 bridgehead atoms. The van der Waals surface area contributed by atoms with E-state index in [1.54, 1.807) is 0 Å². The summed E-state index contributed by atoms with van der Waals surface area (Å²) in [5.74, 6) is 0.110. The Morgan fingerprint density at radius 1 is 0.279 bits per heavy atom. The molecule has 278 valence electrons. The van der Waals surface area contributed by atoms with Gasteiger partial charge in [0.2, 0.25) is 13.4 Å². The van der Waals surface area contributed by atoms with Crippen molar-refractivity contribution < 1.29 is 0 Å². The Hall–Kier alpha value is -7.43. The Morgan fingerprint density at radius 3 is 1.36 bits per heavy atom. The highest BCUT2D eigenvalue weighted by Crippen LogP contribution is 2.48. The van der Waals surface area contributed by atoms with Crippen LogP contribution in [0.2, 0.25) is 0 Å². The number of nitrogens with zero attached hydrogens (tertiary/aromatic N) is 3. The molecule has 0 saturated carbocycles. The first-order valence-electron chi connectivity index (χ1n) is 21.7. The molecule has 6 heterocycles. The van der Waals surface area contributed by atoms with Crippen molar-refractivity contribution in [3.8, 4) is 0 Å². The van der Waals surface area contributed by atoms with Gasteiger partial charge in [-0.05, 0) is 116 Å². The number of anilines is 9. The van der Waals surface area contributed by atoms with Gasteiger partial charge >= 0.3 is 0 Å². The summed E-state index contributed by atoms with van der Waals surface area (Å²) in [7, 11) is 0. The van der Waals surface area contributed by atoms with Crippen LogP contribution in [0.15, 0.2) is 200 Å². The monoisotopic (exact) mass is 769 g/mol. The Morgan fingerprint density at radius 2 is 0.721 bits per heavy atom. The molecule has 1 unspecified atom stereocenters. The zero-order valence-corrected chi connectivity index (χ0v) is 33.2. The number of hydrogen-bond acceptors (Lipinski definition) is 3. The zero-order valence-electron chi connectivity index (χ0n) is 33.2. The fourth-order valence-electron chi connectivity index (χ4n) is 12.7. The Balaban J connectivity index is 1.06. The van der Waals surface area contributed by atoms with Gasteiger partial charge in [-0.15, -0.1) is 0 Å². The summed E-state index contributed by atoms with van der Waals surface area (Å²) < 4.78 is 0. The third-order valence-electron chi connectivity index (χ3n) is 14.8. The van der Waals surface area contributed by atoms with Crippen LogP contribution in [-0.2, 0) is 0 Å². The number of para-hydroxylation sites is 5. The van der Waals surface area contributed by atoms with Gasteiger partial charge in [0.15, 0.2) is 0 Å². The van der Waals surface area contributed by atoms with Crippen molar-refractivity contribution in [1.29, 1.82) is 0 Å². The lowest BCUT2D eigenvalue weighted by Gasteiger charge is -2.51. The van der Waals surface area contributed by atoms with E-state index in [0.29, 0.717) is 0 Å². The maximum absolute atomic E-state index is 2.65. The summed E-state index contributed by atoms with van der Waals surface area (Å²) in [6.45, 7) is 0.303. The van der Waals surface area contributed by atoms with Crippen molar-refractivity contribution in [2.75, 3.05) is 14.7 Å². The number of hydrogen-bond donors (Lipinski definition) is 0. The van der Waals surface area contributed by atoms with E-state index in [1.807, 2.05) is 0 Å². The molecule has 9 aromatic rings. The lowest BCUT2D eigenvalue weighted by molar-refractivity contribution is 0.991. The summed E-state index contributed by atoms with van der Waals surface area (Å²) >= 11 is 0. The quantitative estimate of drug-likeness (QED) is 0.181. The molecular weight excluding hydrogens is 735 g/mol. The van der Waals surface area contributed by atoms with Gasteiger partial charge in [0.1, 0.15) is 0 Å². The summed E-state index contributed by atoms with van der Waals surface area (Å²) in [4.78, 5) is 7.69. The molecule has 0 radical (unpaired) electrons. The van der Waals surface area contributed by atoms with Crippen molar-refractivity contribution in [3.63, 3.8) is 0 Å². The second-order valence-corrected chi connectivity index (χ2v) is 17.4. The van der Waals surface area contributed by atoms with Crippen LogP contribution >= 0.6 is 0 Å². The van der Waals surface area contributed by atoms with Crippen LogP contribution in [0, 0.1) is 0 Å². The Labute approximate surface area is 356 Å². The van der Waals surface area contributed by atoms with Gasteiger partial charge < -0.3 is 14.7 Å². The van der Waals surface area contributed by atoms with Crippen molar-refractivity contribution in [1.82, 2.24) is 0 Å². The molecule has 6 aliphatic heterocycles. The van der Waals surface area contributed by atoms with Gasteiger partial charge in [0.05, 0.1) is 0 Å². The lowest BCUT2D eigenvalue weighted by atomic mass is 9.24. The standard InChI is InChI=1S/C55H34B3N3/c1-3-16-34(17-4-1)59-44-26-12-9-23-39(44)56-38-22-8-7-20-36(38)50-37-21-15-29-47-52(37)58(42-30-32-48(59)53(56)51(42)50)43-31-33-49-54-55(43)61(47)46-28-14-11-25-41(46)57(54)40-24-10-13-27-45(40)60(49)35-18-5-2-6-19-35/h1-33,50H. The third-order valence-corrected chi connectivity index (χ3v) is 14.8. The fourth-order valence-corrected chi connectivity index (χ4v) is 12.7. The van der Waals surface area contributed by atoms with E-state index in [1.165, 1.54) is 117 Å². The Kier molecular flexibility index (Phi) is 6.19. The minimum Gasteiger partial charge on any atom is -0.312 e. The molecule has 6 heteroatoms. The topological polar surface area (TPSA) is 9.72 Å². The highest BCUT2D eigenvalue weighted by molar-refractivity contribution is 7.05. The molecule has 6 aliphatic rings. The second-order valence-electron chi connectivity index (χ2n) is 17.4. The summed E-state index contributed by atoms with van der Waals surface area (Å²) in [5, 5.41) is 0. The van der Waals surface area contributed by atoms with Crippen molar-refractivity contribution >= 4 is 120 Å². The average molecular weight is 769 g/mol. The lowest BCUT2D eigenvalue weighted by Crippen LogP contribution is -2.71. The minimum atomic E-state index is 0.0702. The van der Waals surface area contributed by atoms with Crippen LogP contribution < -0.4 is 63.9 Å². The largest absolute Gasteiger partial charge is 0.312 e. The van der Waals surface area contributed by atoms with Gasteiger partial charge in [0, 0.05) is 57.1 Å². The molecular formula is C55H34B3N3. The molecule has 0 aliphatic carbocycles. The minimum absolute atomic E-state index is 0.0702. The molecule has 3 nitrogen and oxygen atoms in total. The maximum atomic E-state index is 2.65. The molecule has 15 rings (SSSR count). The summed E-state index contributed by atoms with van der Waals surface area (Å²) in [6.07, 6.45) is 0. The van der Waals surface area contributed by atoms with E-state index in [4.69, 9.17) is 0 Å². The molecule has 1 atom stereocenters. The average Bonchev–Trinajstić information content (AvgIpc) is 3.33. The first-order valence-corrected chi connectivity index (χ1v) is 21.7. The molecule has 61 heavy (non-hydrogen) atoms. The van der Waals surface area contributed by atoms with E-state index < -0.39 is 0 Å². The van der Waals surface area contributed by atoms with Crippen LogP contribution in [0.25, 0.3) is 0 Å². The first kappa shape index (κ1) is 32.4. The predicted octanol–water partition coefficient (Wildman–Crippen LogP) is 6.71. The third kappa shape index (κ3) is 3.95. The van der Waals surface area contributed by atoms with E-state index in [-0.39, 0.29) is 26.1 Å². The van der Waals surface area contributed by atoms with Crippen molar-refractivity contribution in [3.05, 3.63) is 217 Å². The highest BCUT2D eigenvalue weighted by atomic mass is 15.2. The number of rotatable bonds is 2. The SMILES string of the molecule is c1ccc(N2c3ccccc3B3c4ccccc4C4c5cccc6c5B(c5ccc2c3c54)c2ccc3c4c2N6c2ccccc2B4c2ccccc2N3c2ccccc2)cc1. The van der Waals surface area contributed by atoms with Crippen LogP contribution in [0.3, 0.4) is 0 Å². The first-order chi connectivity index (χ1) is 30.3. The van der Waals surface area contributed by atoms with Crippen LogP contribution in [0.1, 0.15) is 22.6 Å². The second kappa shape index (κ2) is 11.6. The number of benzene rings is 9. The molecule has 0 spiro atoms. The molecule has 0 N–H and O–H groups in total. The molecule has 0 saturated heterocycles. The summed E-state index contributed by atoms with van der Waals surface area (Å²) in [5.41, 5.74) is 28.4. The maximum Gasteiger partial charge on any atom is 0.252 e. The van der Waals surface area contributed by atoms with Crippen LogP contribution in [0.4, 0.5) is 51.2 Å². The fraction of sp³-hybridized carbons (Fsp3) is 0.0182. The van der Waals surface area contributed by atoms with Crippen LogP contribution in [0.5, 0.6) is 0 Å². The van der Waals surface area contributed by atoms with Crippen molar-refractivity contribution in [2.24, 2.45) is 0 Å². The molecule has 0 fully saturated rings. The van der Waals surface area contributed by atoms with Gasteiger partial charge in [-0.2, -0.15) is 0 Å². The predicted molar refractivity (Wildman–Crippen MR) is 258 cm³/mol. The Bertz CT molecular complexity index is 3170. The van der Waals surface area contributed by atoms with E-state index >= 15 is 0 Å². The van der Waals surface area contributed by atoms with Gasteiger partial charge in [-0.1, -0.05) is 150 Å². The van der Waals surface area contributed by atoms with Crippen LogP contribution in [-0.4, -0.2) is 20.1 Å². The normalized spacial score (nSPS) is 15.8. The van der Waals surface area contributed by atoms with Gasteiger partial charge in [0.25, 0.3) is 6.71 Å². The van der Waals surface area contributed by atoms with Gasteiger partial charge in [-0.3, -0.25) is 0 Å². The number of fused-ring (bicyclic) bond motifs is 14. The van der Waals surface area contributed by atoms with E-state index in [0.717, 1.165) is 0 Å². The molecule has 9 aromatic carbocycles. The van der Waals surface area contributed by atoms with E-state index in [9.17, 15) is 0 Å². The molecule has 0 aromatic heterocycles. The smallest absolute Gasteiger partial charge is 0.252 e. The summed E-state index contributed by atoms with van der Waals surface area (Å²) in [6, 6.07) is 75.9. The van der Waals surface area contributed by atoms with Gasteiger partial charge in [-0.25, -0.2) is 0 Å². The van der Waals surface area contributed by atoms with E-state index in [2.05, 4.69) is 215 Å². The molecule has 0 amide bonds.